The molecule has 178 valence electrons. The maximum atomic E-state index is 11.7. The van der Waals surface area contributed by atoms with E-state index >= 15 is 0 Å². The van der Waals surface area contributed by atoms with Crippen LogP contribution in [0.3, 0.4) is 0 Å². The third-order valence-electron chi connectivity index (χ3n) is 8.26. The lowest BCUT2D eigenvalue weighted by molar-refractivity contribution is -0.383. The van der Waals surface area contributed by atoms with Crippen LogP contribution in [0.25, 0.3) is 10.9 Å². The van der Waals surface area contributed by atoms with Gasteiger partial charge in [-0.15, -0.1) is 0 Å². The molecule has 2 unspecified atom stereocenters. The zero-order chi connectivity index (χ0) is 24.0. The zero-order valence-corrected chi connectivity index (χ0v) is 19.6. The van der Waals surface area contributed by atoms with Gasteiger partial charge in [-0.05, 0) is 67.0 Å². The van der Waals surface area contributed by atoms with Gasteiger partial charge in [0, 0.05) is 35.7 Å². The predicted octanol–water partition coefficient (Wildman–Crippen LogP) is 5.38. The van der Waals surface area contributed by atoms with Crippen molar-refractivity contribution in [1.82, 2.24) is 9.88 Å². The molecule has 1 aliphatic heterocycles. The predicted molar refractivity (Wildman–Crippen MR) is 137 cm³/mol. The van der Waals surface area contributed by atoms with Crippen LogP contribution in [0.4, 0.5) is 5.69 Å². The van der Waals surface area contributed by atoms with Crippen LogP contribution in [0, 0.1) is 16.0 Å². The lowest BCUT2D eigenvalue weighted by Crippen LogP contribution is -2.54. The fraction of sp³-hybridized carbons (Fsp3) is 0.310. The summed E-state index contributed by atoms with van der Waals surface area (Å²) in [6.07, 6.45) is 3.69. The third-order valence-corrected chi connectivity index (χ3v) is 8.26. The van der Waals surface area contributed by atoms with E-state index in [1.54, 1.807) is 18.2 Å². The number of H-pyrrole nitrogens is 1. The van der Waals surface area contributed by atoms with E-state index in [0.29, 0.717) is 17.2 Å². The van der Waals surface area contributed by atoms with Crippen LogP contribution in [0.15, 0.2) is 72.8 Å². The third kappa shape index (κ3) is 3.78. The Kier molecular flexibility index (Phi) is 5.33. The van der Waals surface area contributed by atoms with E-state index in [2.05, 4.69) is 46.3 Å². The van der Waals surface area contributed by atoms with E-state index in [1.165, 1.54) is 16.7 Å². The summed E-state index contributed by atoms with van der Waals surface area (Å²) in [6, 6.07) is 23.7. The number of hydrogen-bond acceptors (Lipinski definition) is 4. The summed E-state index contributed by atoms with van der Waals surface area (Å²) in [4.78, 5) is 17.4. The van der Waals surface area contributed by atoms with Gasteiger partial charge in [-0.3, -0.25) is 10.1 Å². The topological polar surface area (TPSA) is 82.4 Å². The number of nitro groups is 1. The average molecular weight is 468 g/mol. The van der Waals surface area contributed by atoms with Crippen molar-refractivity contribution in [2.45, 2.75) is 31.1 Å². The van der Waals surface area contributed by atoms with Gasteiger partial charge in [0.1, 0.15) is 11.3 Å². The van der Waals surface area contributed by atoms with Gasteiger partial charge in [0.25, 0.3) is 5.69 Å². The SMILES string of the molecule is O=[N+]([O-])c1cccc2c3c([nH]c12)CC1(c2cccc(O)c2)CCN(CCc2ccccc2)CC1C3. The molecule has 0 amide bonds. The molecule has 1 aliphatic carbocycles. The molecule has 2 N–H and O–H groups in total. The number of hydrogen-bond donors (Lipinski definition) is 2. The first-order chi connectivity index (χ1) is 17.0. The molecular weight excluding hydrogens is 438 g/mol. The summed E-state index contributed by atoms with van der Waals surface area (Å²) >= 11 is 0. The molecule has 0 saturated carbocycles. The molecule has 0 radical (unpaired) electrons. The molecule has 2 heterocycles. The van der Waals surface area contributed by atoms with E-state index in [1.807, 2.05) is 18.2 Å². The highest BCUT2D eigenvalue weighted by atomic mass is 16.6. The monoisotopic (exact) mass is 467 g/mol. The maximum Gasteiger partial charge on any atom is 0.293 e. The van der Waals surface area contributed by atoms with Gasteiger partial charge >= 0.3 is 0 Å². The number of aromatic hydroxyl groups is 1. The minimum atomic E-state index is -0.298. The number of nitrogens with one attached hydrogen (secondary N) is 1. The summed E-state index contributed by atoms with van der Waals surface area (Å²) in [5.41, 5.74) is 5.51. The molecule has 2 aliphatic rings. The average Bonchev–Trinajstić information content (AvgIpc) is 3.23. The number of fused-ring (bicyclic) bond motifs is 4. The van der Waals surface area contributed by atoms with Crippen molar-refractivity contribution in [3.63, 3.8) is 0 Å². The number of benzene rings is 3. The van der Waals surface area contributed by atoms with Crippen molar-refractivity contribution in [2.24, 2.45) is 5.92 Å². The maximum absolute atomic E-state index is 11.7. The minimum absolute atomic E-state index is 0.107. The van der Waals surface area contributed by atoms with Crippen molar-refractivity contribution in [2.75, 3.05) is 19.6 Å². The summed E-state index contributed by atoms with van der Waals surface area (Å²) in [6.45, 7) is 2.99. The van der Waals surface area contributed by atoms with Gasteiger partial charge in [0.05, 0.1) is 4.92 Å². The smallest absolute Gasteiger partial charge is 0.293 e. The molecule has 35 heavy (non-hydrogen) atoms. The van der Waals surface area contributed by atoms with E-state index in [-0.39, 0.29) is 16.0 Å². The van der Waals surface area contributed by atoms with Crippen molar-refractivity contribution < 1.29 is 10.0 Å². The Morgan fingerprint density at radius 1 is 1.09 bits per heavy atom. The highest BCUT2D eigenvalue weighted by Crippen LogP contribution is 2.50. The highest BCUT2D eigenvalue weighted by Gasteiger charge is 2.48. The standard InChI is InChI=1S/C29H29N3O3/c33-23-9-4-8-21(16-23)29-13-15-31(14-12-20-6-2-1-3-7-20)19-22(29)17-25-24-10-5-11-27(32(34)35)28(24)30-26(25)18-29/h1-11,16,22,30,33H,12-15,17-19H2. The molecule has 2 atom stereocenters. The van der Waals surface area contributed by atoms with E-state index < -0.39 is 0 Å². The Bertz CT molecular complexity index is 1400. The number of nitrogens with zero attached hydrogens (tertiary/aromatic N) is 2. The molecule has 1 saturated heterocycles. The van der Waals surface area contributed by atoms with Crippen LogP contribution in [-0.2, 0) is 24.7 Å². The van der Waals surface area contributed by atoms with Gasteiger partial charge < -0.3 is 15.0 Å². The van der Waals surface area contributed by atoms with Gasteiger partial charge in [0.2, 0.25) is 0 Å². The number of nitro benzene ring substituents is 1. The Hall–Kier alpha value is -3.64. The van der Waals surface area contributed by atoms with E-state index in [0.717, 1.165) is 56.4 Å². The summed E-state index contributed by atoms with van der Waals surface area (Å²) in [7, 11) is 0. The zero-order valence-electron chi connectivity index (χ0n) is 19.6. The Labute approximate surface area is 204 Å². The van der Waals surface area contributed by atoms with E-state index in [4.69, 9.17) is 0 Å². The number of aromatic amines is 1. The molecule has 4 aromatic rings. The summed E-state index contributed by atoms with van der Waals surface area (Å²) in [5.74, 6) is 0.653. The molecule has 0 bridgehead atoms. The molecule has 1 aromatic heterocycles. The van der Waals surface area contributed by atoms with E-state index in [9.17, 15) is 15.2 Å². The Balaban J connectivity index is 1.38. The Morgan fingerprint density at radius 2 is 1.91 bits per heavy atom. The molecule has 0 spiro atoms. The van der Waals surface area contributed by atoms with Crippen molar-refractivity contribution in [3.8, 4) is 5.75 Å². The van der Waals surface area contributed by atoms with Crippen LogP contribution in [-0.4, -0.2) is 39.5 Å². The molecule has 6 rings (SSSR count). The second kappa shape index (κ2) is 8.54. The number of aromatic nitrogens is 1. The van der Waals surface area contributed by atoms with Crippen LogP contribution in [0.1, 0.15) is 28.8 Å². The molecule has 3 aromatic carbocycles. The van der Waals surface area contributed by atoms with Crippen LogP contribution < -0.4 is 0 Å². The number of phenols is 1. The highest BCUT2D eigenvalue weighted by molar-refractivity contribution is 5.92. The number of non-ortho nitro benzene ring substituents is 1. The molecular formula is C29H29N3O3. The number of para-hydroxylation sites is 1. The lowest BCUT2D eigenvalue weighted by atomic mass is 9.58. The Morgan fingerprint density at radius 3 is 2.71 bits per heavy atom. The molecule has 6 nitrogen and oxygen atoms in total. The molecule has 1 fully saturated rings. The summed E-state index contributed by atoms with van der Waals surface area (Å²) < 4.78 is 0. The number of phenolic OH excluding ortho intramolecular Hbond substituents is 1. The lowest BCUT2D eigenvalue weighted by Gasteiger charge is -2.51. The quantitative estimate of drug-likeness (QED) is 0.305. The fourth-order valence-corrected chi connectivity index (χ4v) is 6.47. The first-order valence-electron chi connectivity index (χ1n) is 12.4. The van der Waals surface area contributed by atoms with Gasteiger partial charge in [-0.1, -0.05) is 54.6 Å². The largest absolute Gasteiger partial charge is 0.508 e. The normalized spacial score (nSPS) is 22.0. The van der Waals surface area contributed by atoms with Gasteiger partial charge in [0.15, 0.2) is 0 Å². The number of piperidine rings is 1. The number of likely N-dealkylation sites (tertiary alicyclic amines) is 1. The minimum Gasteiger partial charge on any atom is -0.508 e. The second-order valence-electron chi connectivity index (χ2n) is 10.1. The van der Waals surface area contributed by atoms with Gasteiger partial charge in [-0.2, -0.15) is 0 Å². The van der Waals surface area contributed by atoms with Crippen molar-refractivity contribution in [3.05, 3.63) is 105 Å². The van der Waals surface area contributed by atoms with Crippen molar-refractivity contribution >= 4 is 16.6 Å². The van der Waals surface area contributed by atoms with Gasteiger partial charge in [-0.25, -0.2) is 0 Å². The van der Waals surface area contributed by atoms with Crippen LogP contribution in [0.2, 0.25) is 0 Å². The fourth-order valence-electron chi connectivity index (χ4n) is 6.47. The van der Waals surface area contributed by atoms with Crippen LogP contribution >= 0.6 is 0 Å². The summed E-state index contributed by atoms with van der Waals surface area (Å²) in [5, 5.41) is 23.0. The van der Waals surface area contributed by atoms with Crippen LogP contribution in [0.5, 0.6) is 5.75 Å². The number of rotatable bonds is 5. The second-order valence-corrected chi connectivity index (χ2v) is 10.1. The first kappa shape index (κ1) is 21.9. The van der Waals surface area contributed by atoms with Crippen molar-refractivity contribution in [1.29, 1.82) is 0 Å². The first-order valence-corrected chi connectivity index (χ1v) is 12.4. The molecule has 6 heteroatoms.